The molecule has 2 rings (SSSR count). The van der Waals surface area contributed by atoms with Crippen LogP contribution in [0.3, 0.4) is 0 Å². The number of nitrogen functional groups attached to an aromatic ring is 1. The van der Waals surface area contributed by atoms with Crippen LogP contribution in [-0.4, -0.2) is 12.0 Å². The molecule has 0 unspecified atom stereocenters. The van der Waals surface area contributed by atoms with Gasteiger partial charge < -0.3 is 20.9 Å². The van der Waals surface area contributed by atoms with Crippen LogP contribution in [0.1, 0.15) is 24.2 Å². The van der Waals surface area contributed by atoms with Crippen molar-refractivity contribution in [2.75, 3.05) is 5.73 Å². The standard InChI is InChI=1S/C16H18N2O3/c1-10(2)20-12-7-11(17)8-13(9-12)21-15-6-4-3-5-14(15)16(18)19/h3-10H,17H2,1-2H3,(H2,18,19). The topological polar surface area (TPSA) is 87.6 Å². The van der Waals surface area contributed by atoms with Gasteiger partial charge in [0.25, 0.3) is 5.91 Å². The van der Waals surface area contributed by atoms with Crippen molar-refractivity contribution < 1.29 is 14.3 Å². The van der Waals surface area contributed by atoms with E-state index in [9.17, 15) is 4.79 Å². The summed E-state index contributed by atoms with van der Waals surface area (Å²) in [5.74, 6) is 0.926. The fraction of sp³-hybridized carbons (Fsp3) is 0.188. The van der Waals surface area contributed by atoms with E-state index in [0.29, 0.717) is 28.5 Å². The van der Waals surface area contributed by atoms with E-state index in [1.54, 1.807) is 42.5 Å². The Hall–Kier alpha value is -2.69. The molecule has 2 aromatic rings. The highest BCUT2D eigenvalue weighted by Crippen LogP contribution is 2.30. The number of hydrogen-bond donors (Lipinski definition) is 2. The van der Waals surface area contributed by atoms with Crippen LogP contribution in [0.15, 0.2) is 42.5 Å². The summed E-state index contributed by atoms with van der Waals surface area (Å²) in [5, 5.41) is 0. The van der Waals surface area contributed by atoms with Gasteiger partial charge in [-0.1, -0.05) is 12.1 Å². The van der Waals surface area contributed by atoms with Crippen LogP contribution in [-0.2, 0) is 0 Å². The van der Waals surface area contributed by atoms with E-state index in [2.05, 4.69) is 0 Å². The molecule has 0 fully saturated rings. The van der Waals surface area contributed by atoms with Gasteiger partial charge in [0.05, 0.1) is 11.7 Å². The van der Waals surface area contributed by atoms with E-state index >= 15 is 0 Å². The predicted molar refractivity (Wildman–Crippen MR) is 81.7 cm³/mol. The van der Waals surface area contributed by atoms with Crippen LogP contribution in [0.25, 0.3) is 0 Å². The number of para-hydroxylation sites is 1. The van der Waals surface area contributed by atoms with Crippen LogP contribution in [0, 0.1) is 0 Å². The first-order valence-corrected chi connectivity index (χ1v) is 6.59. The van der Waals surface area contributed by atoms with Gasteiger partial charge in [0.1, 0.15) is 17.2 Å². The molecule has 1 amide bonds. The largest absolute Gasteiger partial charge is 0.491 e. The second-order valence-corrected chi connectivity index (χ2v) is 4.87. The van der Waals surface area contributed by atoms with E-state index in [0.717, 1.165) is 0 Å². The van der Waals surface area contributed by atoms with Crippen molar-refractivity contribution in [2.45, 2.75) is 20.0 Å². The predicted octanol–water partition coefficient (Wildman–Crippen LogP) is 2.95. The minimum atomic E-state index is -0.548. The van der Waals surface area contributed by atoms with Crippen LogP contribution in [0.5, 0.6) is 17.2 Å². The molecule has 0 atom stereocenters. The maximum absolute atomic E-state index is 11.4. The smallest absolute Gasteiger partial charge is 0.252 e. The molecule has 21 heavy (non-hydrogen) atoms. The molecule has 0 aliphatic carbocycles. The average molecular weight is 286 g/mol. The SMILES string of the molecule is CC(C)Oc1cc(N)cc(Oc2ccccc2C(N)=O)c1. The first kappa shape index (κ1) is 14.7. The van der Waals surface area contributed by atoms with Gasteiger partial charge in [-0.05, 0) is 26.0 Å². The van der Waals surface area contributed by atoms with E-state index in [1.165, 1.54) is 0 Å². The number of primary amides is 1. The molecule has 0 radical (unpaired) electrons. The molecule has 5 nitrogen and oxygen atoms in total. The summed E-state index contributed by atoms with van der Waals surface area (Å²) in [6, 6.07) is 11.9. The zero-order valence-corrected chi connectivity index (χ0v) is 12.0. The third-order valence-corrected chi connectivity index (χ3v) is 2.65. The Balaban J connectivity index is 2.31. The molecule has 0 aliphatic rings. The normalized spacial score (nSPS) is 10.4. The third-order valence-electron chi connectivity index (χ3n) is 2.65. The summed E-state index contributed by atoms with van der Waals surface area (Å²) < 4.78 is 11.3. The molecule has 5 heteroatoms. The molecule has 110 valence electrons. The van der Waals surface area contributed by atoms with Gasteiger partial charge in [-0.25, -0.2) is 0 Å². The molecule has 0 saturated heterocycles. The molecule has 0 aliphatic heterocycles. The van der Waals surface area contributed by atoms with E-state index in [4.69, 9.17) is 20.9 Å². The number of hydrogen-bond acceptors (Lipinski definition) is 4. The molecule has 0 aromatic heterocycles. The van der Waals surface area contributed by atoms with Gasteiger partial charge in [0, 0.05) is 23.9 Å². The lowest BCUT2D eigenvalue weighted by atomic mass is 10.2. The molecule has 0 saturated carbocycles. The van der Waals surface area contributed by atoms with Crippen LogP contribution in [0.2, 0.25) is 0 Å². The molecule has 4 N–H and O–H groups in total. The van der Waals surface area contributed by atoms with Gasteiger partial charge in [-0.3, -0.25) is 4.79 Å². The first-order chi connectivity index (χ1) is 9.95. The lowest BCUT2D eigenvalue weighted by Gasteiger charge is -2.13. The van der Waals surface area contributed by atoms with E-state index in [-0.39, 0.29) is 6.10 Å². The zero-order valence-electron chi connectivity index (χ0n) is 12.0. The Kier molecular flexibility index (Phi) is 4.33. The van der Waals surface area contributed by atoms with Gasteiger partial charge in [0.2, 0.25) is 0 Å². The second kappa shape index (κ2) is 6.17. The minimum Gasteiger partial charge on any atom is -0.491 e. The summed E-state index contributed by atoms with van der Waals surface area (Å²) in [7, 11) is 0. The number of rotatable bonds is 5. The Morgan fingerprint density at radius 1 is 1.10 bits per heavy atom. The summed E-state index contributed by atoms with van der Waals surface area (Å²) in [4.78, 5) is 11.4. The van der Waals surface area contributed by atoms with Gasteiger partial charge in [-0.15, -0.1) is 0 Å². The highest BCUT2D eigenvalue weighted by molar-refractivity contribution is 5.95. The molecule has 0 spiro atoms. The third kappa shape index (κ3) is 3.89. The summed E-state index contributed by atoms with van der Waals surface area (Å²) in [5.41, 5.74) is 12.0. The monoisotopic (exact) mass is 286 g/mol. The zero-order chi connectivity index (χ0) is 15.4. The number of amides is 1. The summed E-state index contributed by atoms with van der Waals surface area (Å²) >= 11 is 0. The average Bonchev–Trinajstić information content (AvgIpc) is 2.37. The maximum atomic E-state index is 11.4. The molecular weight excluding hydrogens is 268 g/mol. The molecule has 0 heterocycles. The van der Waals surface area contributed by atoms with Crippen molar-refractivity contribution >= 4 is 11.6 Å². The number of anilines is 1. The number of ether oxygens (including phenoxy) is 2. The number of nitrogens with two attached hydrogens (primary N) is 2. The lowest BCUT2D eigenvalue weighted by Crippen LogP contribution is -2.12. The summed E-state index contributed by atoms with van der Waals surface area (Å²) in [6.45, 7) is 3.85. The summed E-state index contributed by atoms with van der Waals surface area (Å²) in [6.07, 6.45) is 0.0255. The molecular formula is C16H18N2O3. The van der Waals surface area contributed by atoms with E-state index < -0.39 is 5.91 Å². The van der Waals surface area contributed by atoms with Crippen molar-refractivity contribution in [3.05, 3.63) is 48.0 Å². The quantitative estimate of drug-likeness (QED) is 0.827. The second-order valence-electron chi connectivity index (χ2n) is 4.87. The number of carbonyl (C=O) groups is 1. The number of benzene rings is 2. The minimum absolute atomic E-state index is 0.0255. The van der Waals surface area contributed by atoms with Gasteiger partial charge >= 0.3 is 0 Å². The van der Waals surface area contributed by atoms with Crippen molar-refractivity contribution in [3.8, 4) is 17.2 Å². The Morgan fingerprint density at radius 3 is 2.43 bits per heavy atom. The molecule has 2 aromatic carbocycles. The van der Waals surface area contributed by atoms with Crippen molar-refractivity contribution in [3.63, 3.8) is 0 Å². The maximum Gasteiger partial charge on any atom is 0.252 e. The first-order valence-electron chi connectivity index (χ1n) is 6.59. The fourth-order valence-electron chi connectivity index (χ4n) is 1.88. The highest BCUT2D eigenvalue weighted by atomic mass is 16.5. The Morgan fingerprint density at radius 2 is 1.76 bits per heavy atom. The Labute approximate surface area is 123 Å². The highest BCUT2D eigenvalue weighted by Gasteiger charge is 2.10. The van der Waals surface area contributed by atoms with Crippen molar-refractivity contribution in [2.24, 2.45) is 5.73 Å². The van der Waals surface area contributed by atoms with Crippen LogP contribution >= 0.6 is 0 Å². The fourth-order valence-corrected chi connectivity index (χ4v) is 1.88. The van der Waals surface area contributed by atoms with Gasteiger partial charge in [0.15, 0.2) is 0 Å². The van der Waals surface area contributed by atoms with Crippen molar-refractivity contribution in [1.82, 2.24) is 0 Å². The van der Waals surface area contributed by atoms with E-state index in [1.807, 2.05) is 13.8 Å². The van der Waals surface area contributed by atoms with Crippen LogP contribution < -0.4 is 20.9 Å². The van der Waals surface area contributed by atoms with Crippen LogP contribution in [0.4, 0.5) is 5.69 Å². The lowest BCUT2D eigenvalue weighted by molar-refractivity contribution is 0.0998. The number of carbonyl (C=O) groups excluding carboxylic acids is 1. The van der Waals surface area contributed by atoms with Crippen molar-refractivity contribution in [1.29, 1.82) is 0 Å². The van der Waals surface area contributed by atoms with Gasteiger partial charge in [-0.2, -0.15) is 0 Å². The Bertz CT molecular complexity index is 654. The molecule has 0 bridgehead atoms.